The maximum Gasteiger partial charge on any atom is 0.137 e. The summed E-state index contributed by atoms with van der Waals surface area (Å²) >= 11 is 5.33. The number of unbranched alkanes of at least 4 members (excludes halogenated alkanes) is 1. The molecule has 0 N–H and O–H groups in total. The van der Waals surface area contributed by atoms with Crippen LogP contribution in [0.2, 0.25) is 0 Å². The monoisotopic (exact) mass is 237 g/mol. The van der Waals surface area contributed by atoms with Crippen LogP contribution in [-0.4, -0.2) is 6.61 Å². The molecule has 0 saturated carbocycles. The highest BCUT2D eigenvalue weighted by Crippen LogP contribution is 2.30. The van der Waals surface area contributed by atoms with Crippen molar-refractivity contribution >= 4 is 12.6 Å². The number of benzene rings is 1. The predicted octanol–water partition coefficient (Wildman–Crippen LogP) is 4.72. The molecular weight excluding hydrogens is 216 g/mol. The molecule has 0 aliphatic heterocycles. The lowest BCUT2D eigenvalue weighted by Crippen LogP contribution is -2.11. The van der Waals surface area contributed by atoms with Crippen molar-refractivity contribution < 1.29 is 4.74 Å². The molecule has 0 spiro atoms. The zero-order valence-electron chi connectivity index (χ0n) is 10.7. The second kappa shape index (κ2) is 5.53. The Balaban J connectivity index is 2.76. The van der Waals surface area contributed by atoms with Crippen LogP contribution >= 0.6 is 12.6 Å². The van der Waals surface area contributed by atoms with Gasteiger partial charge in [-0.25, -0.2) is 0 Å². The highest BCUT2D eigenvalue weighted by molar-refractivity contribution is 7.80. The van der Waals surface area contributed by atoms with Gasteiger partial charge in [-0.2, -0.15) is 0 Å². The molecule has 0 atom stereocenters. The fourth-order valence-corrected chi connectivity index (χ4v) is 1.67. The van der Waals surface area contributed by atoms with Crippen LogP contribution in [0, 0.1) is 0 Å². The Kier molecular flexibility index (Phi) is 4.60. The third-order valence-electron chi connectivity index (χ3n) is 2.57. The molecular formula is C14H21OS. The van der Waals surface area contributed by atoms with Gasteiger partial charge in [-0.05, 0) is 29.5 Å². The molecule has 0 heterocycles. The molecule has 0 unspecified atom stereocenters. The van der Waals surface area contributed by atoms with Gasteiger partial charge in [0.2, 0.25) is 0 Å². The highest BCUT2D eigenvalue weighted by atomic mass is 32.1. The molecule has 0 aliphatic carbocycles. The van der Waals surface area contributed by atoms with E-state index < -0.39 is 0 Å². The molecule has 1 nitrogen and oxygen atoms in total. The number of rotatable bonds is 4. The lowest BCUT2D eigenvalue weighted by Gasteiger charge is -2.20. The Morgan fingerprint density at radius 1 is 1.25 bits per heavy atom. The lowest BCUT2D eigenvalue weighted by molar-refractivity contribution is 0.302. The summed E-state index contributed by atoms with van der Waals surface area (Å²) in [6, 6.07) is 6.16. The van der Waals surface area contributed by atoms with Gasteiger partial charge in [-0.1, -0.05) is 52.8 Å². The van der Waals surface area contributed by atoms with Crippen LogP contribution in [0.4, 0.5) is 0 Å². The normalized spacial score (nSPS) is 11.5. The quantitative estimate of drug-likeness (QED) is 0.688. The molecule has 1 aromatic rings. The standard InChI is InChI=1S/C14H21OS/c1-5-6-9-15-12-8-7-11(10-13(12)16)14(2,3)4/h7-8,10H,5-6,9H2,1-4H3. The Labute approximate surface area is 105 Å². The van der Waals surface area contributed by atoms with E-state index in [1.807, 2.05) is 6.07 Å². The van der Waals surface area contributed by atoms with Crippen molar-refractivity contribution in [2.75, 3.05) is 6.61 Å². The zero-order valence-corrected chi connectivity index (χ0v) is 11.5. The largest absolute Gasteiger partial charge is 0.492 e. The Morgan fingerprint density at radius 2 is 1.94 bits per heavy atom. The van der Waals surface area contributed by atoms with Crippen molar-refractivity contribution in [1.29, 1.82) is 0 Å². The van der Waals surface area contributed by atoms with E-state index in [1.54, 1.807) is 0 Å². The summed E-state index contributed by atoms with van der Waals surface area (Å²) < 4.78 is 5.64. The summed E-state index contributed by atoms with van der Waals surface area (Å²) in [5, 5.41) is 0. The van der Waals surface area contributed by atoms with E-state index in [1.165, 1.54) is 5.56 Å². The Bertz CT molecular complexity index is 339. The average molecular weight is 237 g/mol. The first-order valence-corrected chi connectivity index (χ1v) is 6.30. The number of hydrogen-bond acceptors (Lipinski definition) is 1. The van der Waals surface area contributed by atoms with Gasteiger partial charge < -0.3 is 4.74 Å². The van der Waals surface area contributed by atoms with Crippen LogP contribution < -0.4 is 4.74 Å². The minimum Gasteiger partial charge on any atom is -0.492 e. The SMILES string of the molecule is CCCCOc1ccc(C(C)(C)C)cc1[S]. The molecule has 0 fully saturated rings. The van der Waals surface area contributed by atoms with E-state index in [9.17, 15) is 0 Å². The molecule has 0 saturated heterocycles. The molecule has 0 aliphatic rings. The second-order valence-corrected chi connectivity index (χ2v) is 5.55. The van der Waals surface area contributed by atoms with E-state index in [4.69, 9.17) is 17.4 Å². The van der Waals surface area contributed by atoms with Gasteiger partial charge in [-0.15, -0.1) is 0 Å². The topological polar surface area (TPSA) is 9.23 Å². The average Bonchev–Trinajstić information content (AvgIpc) is 2.19. The van der Waals surface area contributed by atoms with E-state index in [-0.39, 0.29) is 5.41 Å². The van der Waals surface area contributed by atoms with Crippen LogP contribution in [0.3, 0.4) is 0 Å². The maximum absolute atomic E-state index is 5.64. The molecule has 0 amide bonds. The third-order valence-corrected chi connectivity index (χ3v) is 2.88. The Hall–Kier alpha value is -0.760. The second-order valence-electron chi connectivity index (χ2n) is 5.11. The van der Waals surface area contributed by atoms with Crippen molar-refractivity contribution in [1.82, 2.24) is 0 Å². The van der Waals surface area contributed by atoms with Gasteiger partial charge in [0, 0.05) is 0 Å². The molecule has 0 aromatic heterocycles. The predicted molar refractivity (Wildman–Crippen MR) is 71.4 cm³/mol. The summed E-state index contributed by atoms with van der Waals surface area (Å²) in [6.07, 6.45) is 2.22. The lowest BCUT2D eigenvalue weighted by atomic mass is 9.87. The van der Waals surface area contributed by atoms with Crippen LogP contribution in [0.5, 0.6) is 5.75 Å². The molecule has 1 radical (unpaired) electrons. The van der Waals surface area contributed by atoms with Crippen molar-refractivity contribution in [2.45, 2.75) is 50.8 Å². The first-order chi connectivity index (χ1) is 7.45. The molecule has 2 heteroatoms. The van der Waals surface area contributed by atoms with Crippen LogP contribution in [0.1, 0.15) is 46.1 Å². The van der Waals surface area contributed by atoms with Crippen LogP contribution in [0.25, 0.3) is 0 Å². The smallest absolute Gasteiger partial charge is 0.137 e. The summed E-state index contributed by atoms with van der Waals surface area (Å²) in [5.41, 5.74) is 1.41. The van der Waals surface area contributed by atoms with E-state index >= 15 is 0 Å². The zero-order chi connectivity index (χ0) is 12.2. The summed E-state index contributed by atoms with van der Waals surface area (Å²) in [5.74, 6) is 0.844. The van der Waals surface area contributed by atoms with Crippen molar-refractivity contribution in [3.05, 3.63) is 23.8 Å². The van der Waals surface area contributed by atoms with Gasteiger partial charge in [-0.3, -0.25) is 0 Å². The maximum atomic E-state index is 5.64. The number of ether oxygens (including phenoxy) is 1. The van der Waals surface area contributed by atoms with Gasteiger partial charge in [0.1, 0.15) is 5.75 Å². The van der Waals surface area contributed by atoms with E-state index in [0.717, 1.165) is 30.1 Å². The fourth-order valence-electron chi connectivity index (χ4n) is 1.42. The highest BCUT2D eigenvalue weighted by Gasteiger charge is 2.15. The van der Waals surface area contributed by atoms with Gasteiger partial charge in [0.15, 0.2) is 0 Å². The van der Waals surface area contributed by atoms with Crippen molar-refractivity contribution in [2.24, 2.45) is 0 Å². The molecule has 1 rings (SSSR count). The van der Waals surface area contributed by atoms with E-state index in [0.29, 0.717) is 0 Å². The van der Waals surface area contributed by atoms with Crippen molar-refractivity contribution in [3.63, 3.8) is 0 Å². The first-order valence-electron chi connectivity index (χ1n) is 5.89. The minimum absolute atomic E-state index is 0.148. The van der Waals surface area contributed by atoms with Crippen molar-refractivity contribution in [3.8, 4) is 5.75 Å². The molecule has 89 valence electrons. The molecule has 16 heavy (non-hydrogen) atoms. The van der Waals surface area contributed by atoms with E-state index in [2.05, 4.69) is 39.8 Å². The van der Waals surface area contributed by atoms with Gasteiger partial charge >= 0.3 is 0 Å². The van der Waals surface area contributed by atoms with Gasteiger partial charge in [0.25, 0.3) is 0 Å². The summed E-state index contributed by atoms with van der Waals surface area (Å²) in [4.78, 5) is 0.823. The van der Waals surface area contributed by atoms with Crippen LogP contribution in [0.15, 0.2) is 23.1 Å². The Morgan fingerprint density at radius 3 is 2.44 bits per heavy atom. The molecule has 1 aromatic carbocycles. The third kappa shape index (κ3) is 3.67. The molecule has 0 bridgehead atoms. The number of hydrogen-bond donors (Lipinski definition) is 0. The summed E-state index contributed by atoms with van der Waals surface area (Å²) in [7, 11) is 0. The first kappa shape index (κ1) is 13.3. The summed E-state index contributed by atoms with van der Waals surface area (Å²) in [6.45, 7) is 9.48. The minimum atomic E-state index is 0.148. The fraction of sp³-hybridized carbons (Fsp3) is 0.571. The van der Waals surface area contributed by atoms with Gasteiger partial charge in [0.05, 0.1) is 11.5 Å². The van der Waals surface area contributed by atoms with Crippen LogP contribution in [-0.2, 0) is 5.41 Å².